The minimum Gasteiger partial charge on any atom is -0.483 e. The number of likely N-dealkylation sites (tertiary alicyclic amines) is 1. The third-order valence-corrected chi connectivity index (χ3v) is 5.54. The highest BCUT2D eigenvalue weighted by Gasteiger charge is 2.48. The minimum atomic E-state index is -3.33. The van der Waals surface area contributed by atoms with E-state index in [2.05, 4.69) is 15.3 Å². The van der Waals surface area contributed by atoms with Gasteiger partial charge in [0.1, 0.15) is 17.4 Å². The van der Waals surface area contributed by atoms with E-state index in [0.29, 0.717) is 17.2 Å². The molecule has 2 aromatic carbocycles. The third kappa shape index (κ3) is 6.50. The van der Waals surface area contributed by atoms with Crippen molar-refractivity contribution < 1.29 is 23.0 Å². The average molecular weight is 508 g/mol. The van der Waals surface area contributed by atoms with E-state index in [4.69, 9.17) is 9.47 Å². The van der Waals surface area contributed by atoms with Crippen LogP contribution in [0.5, 0.6) is 5.75 Å². The molecule has 0 aliphatic carbocycles. The number of ether oxygens (including phenoxy) is 2. The summed E-state index contributed by atoms with van der Waals surface area (Å²) in [5.41, 5.74) is 1.28. The molecule has 37 heavy (non-hydrogen) atoms. The molecule has 192 valence electrons. The number of halogens is 2. The number of anilines is 2. The third-order valence-electron chi connectivity index (χ3n) is 5.54. The second-order valence-corrected chi connectivity index (χ2v) is 9.64. The van der Waals surface area contributed by atoms with Gasteiger partial charge in [0.05, 0.1) is 17.8 Å². The van der Waals surface area contributed by atoms with Crippen LogP contribution in [0.15, 0.2) is 60.8 Å². The molecular weight excluding hydrogens is 480 g/mol. The van der Waals surface area contributed by atoms with E-state index < -0.39 is 30.3 Å². The number of amides is 1. The highest BCUT2D eigenvalue weighted by Crippen LogP contribution is 2.34. The smallest absolute Gasteiger partial charge is 0.410 e. The molecule has 0 bridgehead atoms. The van der Waals surface area contributed by atoms with Crippen molar-refractivity contribution in [2.24, 2.45) is 0 Å². The topological polar surface area (TPSA) is 100 Å². The molecule has 1 aliphatic heterocycles. The van der Waals surface area contributed by atoms with Gasteiger partial charge in [-0.2, -0.15) is 5.26 Å². The lowest BCUT2D eigenvalue weighted by atomic mass is 10.0. The summed E-state index contributed by atoms with van der Waals surface area (Å²) < 4.78 is 40.7. The monoisotopic (exact) mass is 507 g/mol. The van der Waals surface area contributed by atoms with Gasteiger partial charge in [0.25, 0.3) is 0 Å². The molecule has 8 nitrogen and oxygen atoms in total. The van der Waals surface area contributed by atoms with Gasteiger partial charge < -0.3 is 19.7 Å². The molecule has 1 N–H and O–H groups in total. The van der Waals surface area contributed by atoms with Crippen molar-refractivity contribution in [2.45, 2.75) is 44.8 Å². The van der Waals surface area contributed by atoms with Gasteiger partial charge in [-0.05, 0) is 57.2 Å². The van der Waals surface area contributed by atoms with Gasteiger partial charge in [-0.3, -0.25) is 0 Å². The number of hydrogen-bond acceptors (Lipinski definition) is 7. The Bertz CT molecular complexity index is 1310. The molecule has 2 heterocycles. The largest absolute Gasteiger partial charge is 0.483 e. The molecule has 10 heteroatoms. The summed E-state index contributed by atoms with van der Waals surface area (Å²) in [5, 5.41) is 12.8. The highest BCUT2D eigenvalue weighted by molar-refractivity contribution is 5.68. The Labute approximate surface area is 213 Å². The number of nitrogens with one attached hydrogen (secondary N) is 1. The number of carbonyl (C=O) groups excluding carboxylic acids is 1. The van der Waals surface area contributed by atoms with Crippen LogP contribution in [0.2, 0.25) is 0 Å². The van der Waals surface area contributed by atoms with Crippen molar-refractivity contribution in [3.8, 4) is 23.1 Å². The second kappa shape index (κ2) is 10.4. The summed E-state index contributed by atoms with van der Waals surface area (Å²) in [6.45, 7) is 4.24. The van der Waals surface area contributed by atoms with E-state index in [9.17, 15) is 18.8 Å². The minimum absolute atomic E-state index is 0.0401. The number of para-hydroxylation sites is 1. The molecule has 1 aromatic heterocycles. The molecule has 1 saturated heterocycles. The normalized spacial score (nSPS) is 17.0. The van der Waals surface area contributed by atoms with Gasteiger partial charge in [0.2, 0.25) is 5.95 Å². The maximum Gasteiger partial charge on any atom is 0.410 e. The first-order chi connectivity index (χ1) is 17.5. The zero-order valence-corrected chi connectivity index (χ0v) is 20.7. The zero-order valence-electron chi connectivity index (χ0n) is 20.7. The lowest BCUT2D eigenvalue weighted by molar-refractivity contribution is -0.137. The Hall–Kier alpha value is -4.26. The Morgan fingerprint density at radius 3 is 2.62 bits per heavy atom. The van der Waals surface area contributed by atoms with Crippen LogP contribution in [-0.2, 0) is 4.74 Å². The SMILES string of the molecule is CC(C)(C)OC(=O)N1CCC(Oc2ccc(-c3ccnc(Nc4ccccc4)n3)cc2C#N)C(F)(F)C1. The first-order valence-electron chi connectivity index (χ1n) is 11.8. The standard InChI is InChI=1S/C27H27F2N5O3/c1-26(2,3)37-25(35)34-14-12-23(27(28,29)17-34)36-22-10-9-18(15-19(22)16-30)21-11-13-31-24(33-21)32-20-7-5-4-6-8-20/h4-11,13,15,23H,12,14,17H2,1-3H3,(H,31,32,33). The summed E-state index contributed by atoms with van der Waals surface area (Å²) in [4.78, 5) is 21.9. The van der Waals surface area contributed by atoms with Crippen LogP contribution in [0, 0.1) is 11.3 Å². The number of carbonyl (C=O) groups is 1. The van der Waals surface area contributed by atoms with Crippen LogP contribution in [0.3, 0.4) is 0 Å². The number of alkyl halides is 2. The molecule has 0 spiro atoms. The van der Waals surface area contributed by atoms with Gasteiger partial charge in [-0.15, -0.1) is 0 Å². The molecule has 0 radical (unpaired) electrons. The maximum absolute atomic E-state index is 14.9. The van der Waals surface area contributed by atoms with Crippen molar-refractivity contribution >= 4 is 17.7 Å². The lowest BCUT2D eigenvalue weighted by Crippen LogP contribution is -2.56. The number of nitriles is 1. The van der Waals surface area contributed by atoms with Crippen molar-refractivity contribution in [1.29, 1.82) is 5.26 Å². The summed E-state index contributed by atoms with van der Waals surface area (Å²) >= 11 is 0. The van der Waals surface area contributed by atoms with E-state index in [1.165, 1.54) is 12.1 Å². The molecule has 1 amide bonds. The summed E-state index contributed by atoms with van der Waals surface area (Å²) in [6.07, 6.45) is -0.814. The van der Waals surface area contributed by atoms with E-state index in [1.54, 1.807) is 39.1 Å². The number of nitrogens with zero attached hydrogens (tertiary/aromatic N) is 4. The fourth-order valence-corrected chi connectivity index (χ4v) is 3.81. The maximum atomic E-state index is 14.9. The summed E-state index contributed by atoms with van der Waals surface area (Å²) in [6, 6.07) is 17.8. The van der Waals surface area contributed by atoms with Crippen LogP contribution in [0.25, 0.3) is 11.3 Å². The number of benzene rings is 2. The van der Waals surface area contributed by atoms with Gasteiger partial charge in [0.15, 0.2) is 6.10 Å². The predicted octanol–water partition coefficient (Wildman–Crippen LogP) is 5.78. The Morgan fingerprint density at radius 2 is 1.95 bits per heavy atom. The summed E-state index contributed by atoms with van der Waals surface area (Å²) in [5.74, 6) is -2.91. The van der Waals surface area contributed by atoms with Crippen molar-refractivity contribution in [3.63, 3.8) is 0 Å². The number of hydrogen-bond donors (Lipinski definition) is 1. The van der Waals surface area contributed by atoms with E-state index >= 15 is 0 Å². The van der Waals surface area contributed by atoms with Crippen LogP contribution in [0.1, 0.15) is 32.8 Å². The highest BCUT2D eigenvalue weighted by atomic mass is 19.3. The number of rotatable bonds is 5. The molecule has 1 aliphatic rings. The molecule has 1 unspecified atom stereocenters. The van der Waals surface area contributed by atoms with Crippen LogP contribution >= 0.6 is 0 Å². The fourth-order valence-electron chi connectivity index (χ4n) is 3.81. The first-order valence-corrected chi connectivity index (χ1v) is 11.8. The molecule has 3 aromatic rings. The molecule has 0 saturated carbocycles. The van der Waals surface area contributed by atoms with E-state index in [-0.39, 0.29) is 24.3 Å². The first kappa shape index (κ1) is 25.8. The van der Waals surface area contributed by atoms with E-state index in [1.807, 2.05) is 36.4 Å². The van der Waals surface area contributed by atoms with Crippen molar-refractivity contribution in [3.05, 3.63) is 66.4 Å². The van der Waals surface area contributed by atoms with Crippen LogP contribution < -0.4 is 10.1 Å². The van der Waals surface area contributed by atoms with Gasteiger partial charge >= 0.3 is 12.0 Å². The Morgan fingerprint density at radius 1 is 1.19 bits per heavy atom. The van der Waals surface area contributed by atoms with E-state index in [0.717, 1.165) is 10.6 Å². The quantitative estimate of drug-likeness (QED) is 0.467. The molecular formula is C27H27F2N5O3. The fraction of sp³-hybridized carbons (Fsp3) is 0.333. The molecule has 4 rings (SSSR count). The lowest BCUT2D eigenvalue weighted by Gasteiger charge is -2.38. The van der Waals surface area contributed by atoms with Gasteiger partial charge in [0, 0.05) is 30.4 Å². The Balaban J connectivity index is 1.48. The second-order valence-electron chi connectivity index (χ2n) is 9.64. The molecule has 1 fully saturated rings. The van der Waals surface area contributed by atoms with Crippen molar-refractivity contribution in [2.75, 3.05) is 18.4 Å². The number of piperidine rings is 1. The van der Waals surface area contributed by atoms with Gasteiger partial charge in [-0.25, -0.2) is 23.5 Å². The summed E-state index contributed by atoms with van der Waals surface area (Å²) in [7, 11) is 0. The predicted molar refractivity (Wildman–Crippen MR) is 134 cm³/mol. The van der Waals surface area contributed by atoms with Crippen LogP contribution in [-0.4, -0.2) is 51.7 Å². The molecule has 1 atom stereocenters. The van der Waals surface area contributed by atoms with Gasteiger partial charge in [-0.1, -0.05) is 18.2 Å². The van der Waals surface area contributed by atoms with Crippen LogP contribution in [0.4, 0.5) is 25.2 Å². The Kier molecular flexibility index (Phi) is 7.25. The van der Waals surface area contributed by atoms with Crippen molar-refractivity contribution in [1.82, 2.24) is 14.9 Å². The average Bonchev–Trinajstić information content (AvgIpc) is 2.85. The number of aromatic nitrogens is 2. The zero-order chi connectivity index (χ0) is 26.6.